The molecule has 14 heavy (non-hydrogen) atoms. The van der Waals surface area contributed by atoms with Crippen molar-refractivity contribution in [2.24, 2.45) is 0 Å². The number of methoxy groups -OCH3 is 1. The van der Waals surface area contributed by atoms with Crippen molar-refractivity contribution >= 4 is 5.78 Å². The van der Waals surface area contributed by atoms with Crippen molar-refractivity contribution in [3.8, 4) is 11.8 Å². The summed E-state index contributed by atoms with van der Waals surface area (Å²) in [4.78, 5) is 11.0. The van der Waals surface area contributed by atoms with Crippen molar-refractivity contribution in [2.75, 3.05) is 7.11 Å². The fourth-order valence-electron chi connectivity index (χ4n) is 1.03. The fraction of sp³-hybridized carbons (Fsp3) is 0.200. The molecule has 4 heteroatoms. The van der Waals surface area contributed by atoms with Crippen LogP contribution in [0.3, 0.4) is 0 Å². The van der Waals surface area contributed by atoms with E-state index < -0.39 is 5.82 Å². The standard InChI is InChI=1S/C10H8FNO2/c1-6(13)7-3-8(5-12)10(11)9(4-7)14-2/h3-4H,1-2H3. The number of benzene rings is 1. The molecule has 0 aliphatic heterocycles. The van der Waals surface area contributed by atoms with E-state index in [9.17, 15) is 9.18 Å². The van der Waals surface area contributed by atoms with Crippen LogP contribution >= 0.6 is 0 Å². The molecule has 0 N–H and O–H groups in total. The minimum absolute atomic E-state index is 0.0887. The van der Waals surface area contributed by atoms with Crippen molar-refractivity contribution in [2.45, 2.75) is 6.92 Å². The van der Waals surface area contributed by atoms with E-state index in [0.29, 0.717) is 0 Å². The molecule has 0 atom stereocenters. The molecular weight excluding hydrogens is 185 g/mol. The summed E-state index contributed by atoms with van der Waals surface area (Å²) in [5.74, 6) is -1.06. The van der Waals surface area contributed by atoms with Gasteiger partial charge in [0.15, 0.2) is 17.3 Å². The third-order valence-corrected chi connectivity index (χ3v) is 1.79. The quantitative estimate of drug-likeness (QED) is 0.674. The summed E-state index contributed by atoms with van der Waals surface area (Å²) in [6.07, 6.45) is 0. The number of hydrogen-bond acceptors (Lipinski definition) is 3. The first kappa shape index (κ1) is 10.2. The summed E-state index contributed by atoms with van der Waals surface area (Å²) < 4.78 is 18.0. The van der Waals surface area contributed by atoms with E-state index in [1.807, 2.05) is 0 Å². The molecule has 0 aliphatic rings. The molecule has 72 valence electrons. The number of ketones is 1. The van der Waals surface area contributed by atoms with Gasteiger partial charge in [-0.1, -0.05) is 0 Å². The van der Waals surface area contributed by atoms with E-state index in [1.165, 1.54) is 26.2 Å². The molecule has 1 aromatic rings. The van der Waals surface area contributed by atoms with E-state index in [4.69, 9.17) is 10.00 Å². The molecule has 0 saturated heterocycles. The van der Waals surface area contributed by atoms with Crippen LogP contribution in [-0.2, 0) is 0 Å². The third kappa shape index (κ3) is 1.72. The summed E-state index contributed by atoms with van der Waals surface area (Å²) in [5.41, 5.74) is 0.0781. The second-order valence-corrected chi connectivity index (χ2v) is 2.71. The van der Waals surface area contributed by atoms with Crippen LogP contribution in [-0.4, -0.2) is 12.9 Å². The van der Waals surface area contributed by atoms with E-state index in [-0.39, 0.29) is 22.7 Å². The number of halogens is 1. The molecule has 0 spiro atoms. The van der Waals surface area contributed by atoms with Crippen molar-refractivity contribution in [1.82, 2.24) is 0 Å². The summed E-state index contributed by atoms with van der Waals surface area (Å²) in [7, 11) is 1.28. The smallest absolute Gasteiger partial charge is 0.182 e. The van der Waals surface area contributed by atoms with Crippen molar-refractivity contribution in [3.63, 3.8) is 0 Å². The highest BCUT2D eigenvalue weighted by atomic mass is 19.1. The molecule has 0 aromatic heterocycles. The zero-order valence-corrected chi connectivity index (χ0v) is 7.80. The van der Waals surface area contributed by atoms with Gasteiger partial charge in [-0.15, -0.1) is 0 Å². The summed E-state index contributed by atoms with van der Waals surface area (Å²) in [6, 6.07) is 4.14. The molecule has 0 heterocycles. The number of Topliss-reactive ketones (excluding diaryl/α,β-unsaturated/α-hetero) is 1. The molecule has 0 bridgehead atoms. The highest BCUT2D eigenvalue weighted by Crippen LogP contribution is 2.22. The van der Waals surface area contributed by atoms with Gasteiger partial charge in [-0.05, 0) is 19.1 Å². The highest BCUT2D eigenvalue weighted by molar-refractivity contribution is 5.94. The molecular formula is C10H8FNO2. The minimum Gasteiger partial charge on any atom is -0.494 e. The lowest BCUT2D eigenvalue weighted by Crippen LogP contribution is -1.98. The van der Waals surface area contributed by atoms with Gasteiger partial charge in [-0.2, -0.15) is 5.26 Å². The predicted octanol–water partition coefficient (Wildman–Crippen LogP) is 1.91. The van der Waals surface area contributed by atoms with Gasteiger partial charge in [0.1, 0.15) is 6.07 Å². The maximum Gasteiger partial charge on any atom is 0.182 e. The molecule has 0 radical (unpaired) electrons. The van der Waals surface area contributed by atoms with Gasteiger partial charge >= 0.3 is 0 Å². The van der Waals surface area contributed by atoms with Crippen LogP contribution in [0.1, 0.15) is 22.8 Å². The van der Waals surface area contributed by atoms with Gasteiger partial charge in [0.2, 0.25) is 0 Å². The average Bonchev–Trinajstić information content (AvgIpc) is 2.17. The lowest BCUT2D eigenvalue weighted by Gasteiger charge is -2.04. The maximum atomic E-state index is 13.3. The lowest BCUT2D eigenvalue weighted by molar-refractivity contribution is 0.101. The van der Waals surface area contributed by atoms with E-state index in [0.717, 1.165) is 0 Å². The van der Waals surface area contributed by atoms with E-state index in [1.54, 1.807) is 6.07 Å². The van der Waals surface area contributed by atoms with Crippen LogP contribution in [0.4, 0.5) is 4.39 Å². The van der Waals surface area contributed by atoms with Gasteiger partial charge in [0.25, 0.3) is 0 Å². The number of nitriles is 1. The molecule has 0 saturated carbocycles. The zero-order chi connectivity index (χ0) is 10.7. The molecule has 0 fully saturated rings. The number of hydrogen-bond donors (Lipinski definition) is 0. The first-order valence-corrected chi connectivity index (χ1v) is 3.88. The first-order valence-electron chi connectivity index (χ1n) is 3.88. The monoisotopic (exact) mass is 193 g/mol. The number of nitrogens with zero attached hydrogens (tertiary/aromatic N) is 1. The number of rotatable bonds is 2. The zero-order valence-electron chi connectivity index (χ0n) is 7.80. The van der Waals surface area contributed by atoms with Crippen LogP contribution in [0.5, 0.6) is 5.75 Å². The van der Waals surface area contributed by atoms with Gasteiger partial charge in [0, 0.05) is 5.56 Å². The molecule has 1 aromatic carbocycles. The van der Waals surface area contributed by atoms with Crippen LogP contribution in [0.2, 0.25) is 0 Å². The first-order chi connectivity index (χ1) is 6.60. The second-order valence-electron chi connectivity index (χ2n) is 2.71. The Bertz CT molecular complexity index is 421. The molecule has 0 unspecified atom stereocenters. The average molecular weight is 193 g/mol. The van der Waals surface area contributed by atoms with Gasteiger partial charge in [-0.3, -0.25) is 4.79 Å². The molecule has 3 nitrogen and oxygen atoms in total. The Kier molecular flexibility index (Phi) is 2.82. The SMILES string of the molecule is COc1cc(C(C)=O)cc(C#N)c1F. The summed E-state index contributed by atoms with van der Waals surface area (Å²) >= 11 is 0. The summed E-state index contributed by atoms with van der Waals surface area (Å²) in [5, 5.41) is 8.59. The molecule has 1 rings (SSSR count). The summed E-state index contributed by atoms with van der Waals surface area (Å²) in [6.45, 7) is 1.34. The Morgan fingerprint density at radius 1 is 1.57 bits per heavy atom. The number of ether oxygens (including phenoxy) is 1. The molecule has 0 amide bonds. The van der Waals surface area contributed by atoms with Gasteiger partial charge < -0.3 is 4.74 Å². The lowest BCUT2D eigenvalue weighted by atomic mass is 10.1. The van der Waals surface area contributed by atoms with E-state index in [2.05, 4.69) is 0 Å². The van der Waals surface area contributed by atoms with Crippen LogP contribution < -0.4 is 4.74 Å². The Morgan fingerprint density at radius 3 is 2.64 bits per heavy atom. The number of carbonyl (C=O) groups excluding carboxylic acids is 1. The van der Waals surface area contributed by atoms with Crippen molar-refractivity contribution in [1.29, 1.82) is 5.26 Å². The van der Waals surface area contributed by atoms with E-state index >= 15 is 0 Å². The minimum atomic E-state index is -0.736. The largest absolute Gasteiger partial charge is 0.494 e. The predicted molar refractivity (Wildman–Crippen MR) is 47.7 cm³/mol. The maximum absolute atomic E-state index is 13.3. The van der Waals surface area contributed by atoms with Gasteiger partial charge in [0.05, 0.1) is 12.7 Å². The Morgan fingerprint density at radius 2 is 2.21 bits per heavy atom. The Labute approximate surface area is 80.7 Å². The highest BCUT2D eigenvalue weighted by Gasteiger charge is 2.12. The number of carbonyl (C=O) groups is 1. The van der Waals surface area contributed by atoms with Crippen LogP contribution in [0.25, 0.3) is 0 Å². The van der Waals surface area contributed by atoms with Crippen LogP contribution in [0, 0.1) is 17.1 Å². The second kappa shape index (κ2) is 3.88. The fourth-order valence-corrected chi connectivity index (χ4v) is 1.03. The normalized spacial score (nSPS) is 9.29. The third-order valence-electron chi connectivity index (χ3n) is 1.79. The van der Waals surface area contributed by atoms with Gasteiger partial charge in [-0.25, -0.2) is 4.39 Å². The topological polar surface area (TPSA) is 50.1 Å². The Hall–Kier alpha value is -1.89. The van der Waals surface area contributed by atoms with Crippen LogP contribution in [0.15, 0.2) is 12.1 Å². The Balaban J connectivity index is 3.41. The molecule has 0 aliphatic carbocycles. The van der Waals surface area contributed by atoms with Crippen molar-refractivity contribution in [3.05, 3.63) is 29.1 Å². The van der Waals surface area contributed by atoms with Crippen molar-refractivity contribution < 1.29 is 13.9 Å².